The van der Waals surface area contributed by atoms with E-state index in [-0.39, 0.29) is 17.9 Å². The Kier molecular flexibility index (Phi) is 8.12. The molecule has 6 nitrogen and oxygen atoms in total. The highest BCUT2D eigenvalue weighted by molar-refractivity contribution is 7.99. The lowest BCUT2D eigenvalue weighted by Crippen LogP contribution is -2.47. The van der Waals surface area contributed by atoms with Crippen molar-refractivity contribution in [3.8, 4) is 0 Å². The molecule has 8 heteroatoms. The molecular weight excluding hydrogens is 392 g/mol. The Hall–Kier alpha value is -1.64. The second-order valence-electron chi connectivity index (χ2n) is 7.04. The van der Waals surface area contributed by atoms with Crippen molar-refractivity contribution in [1.29, 1.82) is 0 Å². The molecule has 0 atom stereocenters. The first-order chi connectivity index (χ1) is 13.6. The Morgan fingerprint density at radius 1 is 1.25 bits per heavy atom. The molecule has 0 saturated carbocycles. The largest absolute Gasteiger partial charge is 0.355 e. The number of amides is 2. The third-order valence-corrected chi connectivity index (χ3v) is 6.85. The van der Waals surface area contributed by atoms with Gasteiger partial charge in [0, 0.05) is 31.4 Å². The van der Waals surface area contributed by atoms with Gasteiger partial charge in [-0.3, -0.25) is 14.5 Å². The maximum absolute atomic E-state index is 12.2. The number of piperidine rings is 1. The Balaban J connectivity index is 1.31. The number of nitrogens with one attached hydrogen (secondary N) is 2. The normalized spacial score (nSPS) is 15.6. The van der Waals surface area contributed by atoms with Gasteiger partial charge in [0.25, 0.3) is 0 Å². The Bertz CT molecular complexity index is 754. The van der Waals surface area contributed by atoms with Crippen LogP contribution in [0.15, 0.2) is 24.3 Å². The maximum atomic E-state index is 12.2. The van der Waals surface area contributed by atoms with Crippen LogP contribution >= 0.6 is 23.1 Å². The van der Waals surface area contributed by atoms with Crippen molar-refractivity contribution in [2.24, 2.45) is 0 Å². The maximum Gasteiger partial charge on any atom is 0.234 e. The molecule has 2 amide bonds. The van der Waals surface area contributed by atoms with Gasteiger partial charge in [-0.1, -0.05) is 19.1 Å². The van der Waals surface area contributed by atoms with E-state index >= 15 is 0 Å². The number of thioether (sulfide) groups is 1. The monoisotopic (exact) mass is 420 g/mol. The van der Waals surface area contributed by atoms with Crippen molar-refractivity contribution in [3.05, 3.63) is 29.3 Å². The number of fused-ring (bicyclic) bond motifs is 1. The number of rotatable bonds is 9. The van der Waals surface area contributed by atoms with Gasteiger partial charge in [0.15, 0.2) is 0 Å². The topological polar surface area (TPSA) is 74.3 Å². The van der Waals surface area contributed by atoms with Gasteiger partial charge < -0.3 is 10.6 Å². The summed E-state index contributed by atoms with van der Waals surface area (Å²) in [5.74, 6) is 1.40. The van der Waals surface area contributed by atoms with E-state index in [1.54, 1.807) is 23.1 Å². The highest BCUT2D eigenvalue weighted by atomic mass is 32.2. The van der Waals surface area contributed by atoms with E-state index in [1.807, 2.05) is 25.1 Å². The highest BCUT2D eigenvalue weighted by Crippen LogP contribution is 2.24. The Labute approximate surface area is 174 Å². The number of benzene rings is 1. The summed E-state index contributed by atoms with van der Waals surface area (Å²) in [6.07, 6.45) is 2.75. The third kappa shape index (κ3) is 6.46. The van der Waals surface area contributed by atoms with Gasteiger partial charge in [0.05, 0.1) is 22.5 Å². The molecular formula is C20H28N4O2S2. The molecule has 2 aromatic rings. The number of nitrogens with zero attached hydrogens (tertiary/aromatic N) is 2. The fourth-order valence-electron chi connectivity index (χ4n) is 3.24. The summed E-state index contributed by atoms with van der Waals surface area (Å²) < 4.78 is 1.19. The van der Waals surface area contributed by atoms with Crippen molar-refractivity contribution >= 4 is 45.1 Å². The molecule has 152 valence electrons. The van der Waals surface area contributed by atoms with Crippen LogP contribution in [0.2, 0.25) is 0 Å². The summed E-state index contributed by atoms with van der Waals surface area (Å²) in [5.41, 5.74) is 1.03. The first-order valence-electron chi connectivity index (χ1n) is 9.84. The van der Waals surface area contributed by atoms with Gasteiger partial charge in [-0.15, -0.1) is 23.1 Å². The van der Waals surface area contributed by atoms with Crippen LogP contribution in [0.4, 0.5) is 0 Å². The summed E-state index contributed by atoms with van der Waals surface area (Å²) >= 11 is 3.30. The first-order valence-corrected chi connectivity index (χ1v) is 11.8. The average molecular weight is 421 g/mol. The summed E-state index contributed by atoms with van der Waals surface area (Å²) in [7, 11) is 0. The number of para-hydroxylation sites is 1. The zero-order valence-electron chi connectivity index (χ0n) is 16.3. The van der Waals surface area contributed by atoms with Crippen LogP contribution in [0.1, 0.15) is 31.2 Å². The van der Waals surface area contributed by atoms with Crippen LogP contribution in [0, 0.1) is 0 Å². The lowest BCUT2D eigenvalue weighted by molar-refractivity contribution is -0.123. The fourth-order valence-corrected chi connectivity index (χ4v) is 5.10. The molecule has 1 fully saturated rings. The van der Waals surface area contributed by atoms with Crippen LogP contribution in [-0.4, -0.2) is 59.7 Å². The molecule has 1 aromatic heterocycles. The number of hydrogen-bond acceptors (Lipinski definition) is 6. The van der Waals surface area contributed by atoms with Crippen molar-refractivity contribution in [1.82, 2.24) is 20.5 Å². The van der Waals surface area contributed by atoms with Gasteiger partial charge in [-0.2, -0.15) is 0 Å². The van der Waals surface area contributed by atoms with Gasteiger partial charge in [0.2, 0.25) is 11.8 Å². The quantitative estimate of drug-likeness (QED) is 0.652. The van der Waals surface area contributed by atoms with Gasteiger partial charge >= 0.3 is 0 Å². The number of hydrogen-bond donors (Lipinski definition) is 2. The number of aromatic nitrogens is 1. The second kappa shape index (κ2) is 10.8. The number of carbonyl (C=O) groups excluding carboxylic acids is 2. The SMILES string of the molecule is CCCNC(=O)CN1CCC(NC(=O)CSCc2nc3ccccc3s2)CC1. The van der Waals surface area contributed by atoms with Gasteiger partial charge in [-0.05, 0) is 31.4 Å². The lowest BCUT2D eigenvalue weighted by Gasteiger charge is -2.31. The second-order valence-corrected chi connectivity index (χ2v) is 9.14. The summed E-state index contributed by atoms with van der Waals surface area (Å²) in [4.78, 5) is 30.8. The molecule has 0 bridgehead atoms. The van der Waals surface area contributed by atoms with Crippen LogP contribution in [0.25, 0.3) is 10.2 Å². The van der Waals surface area contributed by atoms with E-state index in [0.717, 1.165) is 55.2 Å². The Morgan fingerprint density at radius 3 is 2.79 bits per heavy atom. The first kappa shape index (κ1) is 21.1. The van der Waals surface area contributed by atoms with E-state index < -0.39 is 0 Å². The van der Waals surface area contributed by atoms with Gasteiger partial charge in [0.1, 0.15) is 5.01 Å². The van der Waals surface area contributed by atoms with Crippen molar-refractivity contribution < 1.29 is 9.59 Å². The average Bonchev–Trinajstić information content (AvgIpc) is 3.10. The summed E-state index contributed by atoms with van der Waals surface area (Å²) in [6.45, 7) is 4.94. The van der Waals surface area contributed by atoms with E-state index in [4.69, 9.17) is 0 Å². The molecule has 0 aliphatic carbocycles. The fraction of sp³-hybridized carbons (Fsp3) is 0.550. The van der Waals surface area contributed by atoms with Gasteiger partial charge in [-0.25, -0.2) is 4.98 Å². The molecule has 0 radical (unpaired) electrons. The van der Waals surface area contributed by atoms with E-state index in [2.05, 4.69) is 26.6 Å². The lowest BCUT2D eigenvalue weighted by atomic mass is 10.1. The predicted molar refractivity (Wildman–Crippen MR) is 117 cm³/mol. The molecule has 1 aliphatic rings. The molecule has 1 saturated heterocycles. The molecule has 2 N–H and O–H groups in total. The van der Waals surface area contributed by atoms with E-state index in [0.29, 0.717) is 12.3 Å². The van der Waals surface area contributed by atoms with Crippen LogP contribution < -0.4 is 10.6 Å². The Morgan fingerprint density at radius 2 is 2.04 bits per heavy atom. The number of thiazole rings is 1. The number of likely N-dealkylation sites (tertiary alicyclic amines) is 1. The van der Waals surface area contributed by atoms with Crippen molar-refractivity contribution in [3.63, 3.8) is 0 Å². The minimum Gasteiger partial charge on any atom is -0.355 e. The molecule has 3 rings (SSSR count). The van der Waals surface area contributed by atoms with Crippen molar-refractivity contribution in [2.45, 2.75) is 38.0 Å². The van der Waals surface area contributed by atoms with Crippen LogP contribution in [0.5, 0.6) is 0 Å². The zero-order valence-corrected chi connectivity index (χ0v) is 17.9. The third-order valence-electron chi connectivity index (χ3n) is 4.69. The highest BCUT2D eigenvalue weighted by Gasteiger charge is 2.22. The molecule has 1 aromatic carbocycles. The minimum atomic E-state index is 0.0882. The smallest absolute Gasteiger partial charge is 0.234 e. The zero-order chi connectivity index (χ0) is 19.8. The number of carbonyl (C=O) groups is 2. The molecule has 2 heterocycles. The van der Waals surface area contributed by atoms with Crippen molar-refractivity contribution in [2.75, 3.05) is 31.9 Å². The van der Waals surface area contributed by atoms with E-state index in [9.17, 15) is 9.59 Å². The minimum absolute atomic E-state index is 0.0882. The molecule has 28 heavy (non-hydrogen) atoms. The molecule has 0 unspecified atom stereocenters. The predicted octanol–water partition coefficient (Wildman–Crippen LogP) is 2.64. The van der Waals surface area contributed by atoms with Crippen LogP contribution in [0.3, 0.4) is 0 Å². The standard InChI is InChI=1S/C20H28N4O2S2/c1-2-9-21-18(25)12-24-10-7-15(8-11-24)22-19(26)13-27-14-20-23-16-5-3-4-6-17(16)28-20/h3-6,15H,2,7-14H2,1H3,(H,21,25)(H,22,26). The van der Waals surface area contributed by atoms with E-state index in [1.165, 1.54) is 4.70 Å². The van der Waals surface area contributed by atoms with Crippen LogP contribution in [-0.2, 0) is 15.3 Å². The summed E-state index contributed by atoms with van der Waals surface area (Å²) in [5, 5.41) is 7.11. The molecule has 0 spiro atoms. The molecule has 1 aliphatic heterocycles. The summed E-state index contributed by atoms with van der Waals surface area (Å²) in [6, 6.07) is 8.33.